The molecule has 0 aliphatic heterocycles. The lowest BCUT2D eigenvalue weighted by molar-refractivity contribution is 0.298. The van der Waals surface area contributed by atoms with Gasteiger partial charge < -0.3 is 9.47 Å². The summed E-state index contributed by atoms with van der Waals surface area (Å²) >= 11 is 0. The van der Waals surface area contributed by atoms with Gasteiger partial charge in [0, 0.05) is 0 Å². The summed E-state index contributed by atoms with van der Waals surface area (Å²) in [6.07, 6.45) is 32.7. The van der Waals surface area contributed by atoms with Gasteiger partial charge in [0.05, 0.1) is 13.2 Å². The lowest BCUT2D eigenvalue weighted by Gasteiger charge is -2.29. The third kappa shape index (κ3) is 14.0. The van der Waals surface area contributed by atoms with Crippen molar-refractivity contribution in [2.75, 3.05) is 13.2 Å². The van der Waals surface area contributed by atoms with Gasteiger partial charge >= 0.3 is 0 Å². The molecule has 0 atom stereocenters. The fourth-order valence-corrected chi connectivity index (χ4v) is 8.25. The van der Waals surface area contributed by atoms with Crippen LogP contribution in [0.25, 0.3) is 0 Å². The summed E-state index contributed by atoms with van der Waals surface area (Å²) in [5, 5.41) is 0. The minimum atomic E-state index is 0.764. The molecule has 2 aliphatic carbocycles. The SMILES string of the molecule is CCCCCC1CCC(c2ccc(OCCCCCCCCCCOc3ccc(C4CCC(CCCCC)CC4)cc3)cc2)CC1. The Bertz CT molecular complexity index is 912. The monoisotopic (exact) mass is 631 g/mol. The molecular formula is C44H70O2. The average Bonchev–Trinajstić information content (AvgIpc) is 3.10. The number of benzene rings is 2. The van der Waals surface area contributed by atoms with Crippen LogP contribution in [0.3, 0.4) is 0 Å². The van der Waals surface area contributed by atoms with Gasteiger partial charge in [-0.1, -0.05) is 128 Å². The molecule has 2 aromatic rings. The molecule has 258 valence electrons. The normalized spacial score (nSPS) is 21.7. The van der Waals surface area contributed by atoms with E-state index in [9.17, 15) is 0 Å². The maximum atomic E-state index is 6.07. The molecule has 2 heteroatoms. The standard InChI is InChI=1S/C44H70O2/c1-3-5-13-17-37-19-23-39(24-20-37)41-27-31-43(32-28-41)45-35-15-11-9-7-8-10-12-16-36-46-44-33-29-42(30-34-44)40-25-21-38(22-26-40)18-14-6-4-2/h27-34,37-40H,3-26,35-36H2,1-2H3. The van der Waals surface area contributed by atoms with Gasteiger partial charge in [0.1, 0.15) is 11.5 Å². The molecule has 2 nitrogen and oxygen atoms in total. The van der Waals surface area contributed by atoms with Crippen molar-refractivity contribution >= 4 is 0 Å². The van der Waals surface area contributed by atoms with Gasteiger partial charge in [-0.2, -0.15) is 0 Å². The zero-order valence-electron chi connectivity index (χ0n) is 30.1. The fourth-order valence-electron chi connectivity index (χ4n) is 8.25. The summed E-state index contributed by atoms with van der Waals surface area (Å²) in [5.41, 5.74) is 3.06. The average molecular weight is 631 g/mol. The van der Waals surface area contributed by atoms with Crippen molar-refractivity contribution in [3.8, 4) is 11.5 Å². The molecule has 0 saturated heterocycles. The molecule has 0 aromatic heterocycles. The molecule has 2 fully saturated rings. The van der Waals surface area contributed by atoms with E-state index in [4.69, 9.17) is 9.47 Å². The van der Waals surface area contributed by atoms with Crippen molar-refractivity contribution in [3.63, 3.8) is 0 Å². The Labute approximate surface area is 284 Å². The van der Waals surface area contributed by atoms with Crippen LogP contribution in [0.15, 0.2) is 48.5 Å². The Morgan fingerprint density at radius 2 is 0.761 bits per heavy atom. The molecule has 4 rings (SSSR count). The Balaban J connectivity index is 0.938. The van der Waals surface area contributed by atoms with E-state index < -0.39 is 0 Å². The number of rotatable bonds is 23. The van der Waals surface area contributed by atoms with Crippen molar-refractivity contribution in [1.29, 1.82) is 0 Å². The molecule has 2 saturated carbocycles. The van der Waals surface area contributed by atoms with Gasteiger partial charge in [0.2, 0.25) is 0 Å². The first-order valence-corrected chi connectivity index (χ1v) is 20.2. The van der Waals surface area contributed by atoms with Gasteiger partial charge in [-0.25, -0.2) is 0 Å². The topological polar surface area (TPSA) is 18.5 Å². The van der Waals surface area contributed by atoms with Crippen molar-refractivity contribution in [1.82, 2.24) is 0 Å². The third-order valence-electron chi connectivity index (χ3n) is 11.4. The van der Waals surface area contributed by atoms with Crippen LogP contribution in [-0.4, -0.2) is 13.2 Å². The van der Waals surface area contributed by atoms with Crippen molar-refractivity contribution in [3.05, 3.63) is 59.7 Å². The van der Waals surface area contributed by atoms with Crippen LogP contribution in [0.2, 0.25) is 0 Å². The van der Waals surface area contributed by atoms with E-state index in [1.54, 1.807) is 0 Å². The number of hydrogen-bond acceptors (Lipinski definition) is 2. The highest BCUT2D eigenvalue weighted by Crippen LogP contribution is 2.39. The molecule has 0 bridgehead atoms. The Hall–Kier alpha value is -1.96. The van der Waals surface area contributed by atoms with E-state index in [1.807, 2.05) is 0 Å². The lowest BCUT2D eigenvalue weighted by Crippen LogP contribution is -2.13. The second kappa shape index (κ2) is 22.6. The van der Waals surface area contributed by atoms with Crippen LogP contribution >= 0.6 is 0 Å². The van der Waals surface area contributed by atoms with E-state index in [1.165, 1.54) is 152 Å². The zero-order chi connectivity index (χ0) is 32.1. The van der Waals surface area contributed by atoms with Gasteiger partial charge in [0.25, 0.3) is 0 Å². The molecule has 2 aromatic carbocycles. The Morgan fingerprint density at radius 3 is 1.11 bits per heavy atom. The molecule has 0 spiro atoms. The Kier molecular flexibility index (Phi) is 18.1. The maximum absolute atomic E-state index is 6.07. The summed E-state index contributed by atoms with van der Waals surface area (Å²) in [5.74, 6) is 5.59. The molecule has 0 unspecified atom stereocenters. The predicted molar refractivity (Wildman–Crippen MR) is 198 cm³/mol. The van der Waals surface area contributed by atoms with E-state index in [2.05, 4.69) is 62.4 Å². The minimum Gasteiger partial charge on any atom is -0.494 e. The first kappa shape index (κ1) is 36.9. The summed E-state index contributed by atoms with van der Waals surface area (Å²) in [7, 11) is 0. The van der Waals surface area contributed by atoms with Crippen LogP contribution in [0.5, 0.6) is 11.5 Å². The lowest BCUT2D eigenvalue weighted by atomic mass is 9.77. The second-order valence-electron chi connectivity index (χ2n) is 15.1. The molecule has 0 N–H and O–H groups in total. The van der Waals surface area contributed by atoms with E-state index in [0.29, 0.717) is 0 Å². The van der Waals surface area contributed by atoms with Crippen molar-refractivity contribution in [2.24, 2.45) is 11.8 Å². The third-order valence-corrected chi connectivity index (χ3v) is 11.4. The smallest absolute Gasteiger partial charge is 0.119 e. The number of unbranched alkanes of at least 4 members (excludes halogenated alkanes) is 11. The molecular weight excluding hydrogens is 560 g/mol. The summed E-state index contributed by atoms with van der Waals surface area (Å²) in [6.45, 7) is 6.32. The van der Waals surface area contributed by atoms with Gasteiger partial charge in [-0.15, -0.1) is 0 Å². The highest BCUT2D eigenvalue weighted by atomic mass is 16.5. The highest BCUT2D eigenvalue weighted by Gasteiger charge is 2.23. The van der Waals surface area contributed by atoms with E-state index >= 15 is 0 Å². The fraction of sp³-hybridized carbons (Fsp3) is 0.727. The van der Waals surface area contributed by atoms with Crippen LogP contribution < -0.4 is 9.47 Å². The van der Waals surface area contributed by atoms with Crippen molar-refractivity contribution in [2.45, 2.75) is 180 Å². The van der Waals surface area contributed by atoms with Crippen LogP contribution in [0, 0.1) is 11.8 Å². The molecule has 0 heterocycles. The van der Waals surface area contributed by atoms with Gasteiger partial charge in [0.15, 0.2) is 0 Å². The van der Waals surface area contributed by atoms with Gasteiger partial charge in [-0.3, -0.25) is 0 Å². The minimum absolute atomic E-state index is 0.764. The first-order chi connectivity index (χ1) is 22.7. The maximum Gasteiger partial charge on any atom is 0.119 e. The zero-order valence-corrected chi connectivity index (χ0v) is 30.1. The predicted octanol–water partition coefficient (Wildman–Crippen LogP) is 14.0. The van der Waals surface area contributed by atoms with E-state index in [0.717, 1.165) is 61.2 Å². The molecule has 0 radical (unpaired) electrons. The van der Waals surface area contributed by atoms with Crippen LogP contribution in [-0.2, 0) is 0 Å². The van der Waals surface area contributed by atoms with Crippen molar-refractivity contribution < 1.29 is 9.47 Å². The van der Waals surface area contributed by atoms with Gasteiger partial charge in [-0.05, 0) is 123 Å². The number of hydrogen-bond donors (Lipinski definition) is 0. The Morgan fingerprint density at radius 1 is 0.413 bits per heavy atom. The van der Waals surface area contributed by atoms with Crippen LogP contribution in [0.4, 0.5) is 0 Å². The summed E-state index contributed by atoms with van der Waals surface area (Å²) < 4.78 is 12.1. The quantitative estimate of drug-likeness (QED) is 0.114. The molecule has 46 heavy (non-hydrogen) atoms. The van der Waals surface area contributed by atoms with Crippen LogP contribution in [0.1, 0.15) is 191 Å². The molecule has 2 aliphatic rings. The molecule has 0 amide bonds. The van der Waals surface area contributed by atoms with E-state index in [-0.39, 0.29) is 0 Å². The first-order valence-electron chi connectivity index (χ1n) is 20.2. The largest absolute Gasteiger partial charge is 0.494 e. The number of ether oxygens (including phenoxy) is 2. The highest BCUT2D eigenvalue weighted by molar-refractivity contribution is 5.30. The second-order valence-corrected chi connectivity index (χ2v) is 15.1. The summed E-state index contributed by atoms with van der Waals surface area (Å²) in [6, 6.07) is 18.2. The summed E-state index contributed by atoms with van der Waals surface area (Å²) in [4.78, 5) is 0.